The number of nitrogens with zero attached hydrogens (tertiary/aromatic N) is 1. The van der Waals surface area contributed by atoms with Crippen molar-refractivity contribution >= 4 is 5.91 Å². The topological polar surface area (TPSA) is 64.4 Å². The zero-order chi connectivity index (χ0) is 19.3. The molecule has 0 saturated heterocycles. The smallest absolute Gasteiger partial charge is 0.257 e. The lowest BCUT2D eigenvalue weighted by Crippen LogP contribution is -2.24. The van der Waals surface area contributed by atoms with Gasteiger partial charge in [0.05, 0.1) is 6.10 Å². The molecule has 0 aliphatic heterocycles. The van der Waals surface area contributed by atoms with Gasteiger partial charge in [0.15, 0.2) is 0 Å². The quantitative estimate of drug-likeness (QED) is 0.664. The maximum atomic E-state index is 12.9. The maximum Gasteiger partial charge on any atom is 0.257 e. The number of carbonyl (C=O) groups is 1. The van der Waals surface area contributed by atoms with E-state index in [9.17, 15) is 4.79 Å². The SMILES string of the molecule is Cc1onc(-c2ccccc2)c1C(=O)NCc1ccccc1OC1CCCC1. The summed E-state index contributed by atoms with van der Waals surface area (Å²) in [7, 11) is 0. The Balaban J connectivity index is 1.49. The number of carbonyl (C=O) groups excluding carboxylic acids is 1. The van der Waals surface area contributed by atoms with Crippen LogP contribution in [0, 0.1) is 6.92 Å². The average molecular weight is 376 g/mol. The van der Waals surface area contributed by atoms with E-state index in [1.165, 1.54) is 12.8 Å². The molecule has 2 aromatic carbocycles. The van der Waals surface area contributed by atoms with Crippen molar-refractivity contribution in [2.75, 3.05) is 0 Å². The van der Waals surface area contributed by atoms with E-state index in [1.54, 1.807) is 6.92 Å². The molecule has 0 atom stereocenters. The Morgan fingerprint density at radius 2 is 1.82 bits per heavy atom. The minimum absolute atomic E-state index is 0.201. The monoisotopic (exact) mass is 376 g/mol. The number of ether oxygens (including phenoxy) is 1. The van der Waals surface area contributed by atoms with Crippen LogP contribution in [0.4, 0.5) is 0 Å². The van der Waals surface area contributed by atoms with E-state index in [0.29, 0.717) is 23.6 Å². The van der Waals surface area contributed by atoms with Crippen LogP contribution < -0.4 is 10.1 Å². The predicted octanol–water partition coefficient (Wildman–Crippen LogP) is 4.90. The molecular formula is C23H24N2O3. The fraction of sp³-hybridized carbons (Fsp3) is 0.304. The van der Waals surface area contributed by atoms with Gasteiger partial charge in [0.1, 0.15) is 22.8 Å². The average Bonchev–Trinajstić information content (AvgIpc) is 3.37. The predicted molar refractivity (Wildman–Crippen MR) is 107 cm³/mol. The second-order valence-electron chi connectivity index (χ2n) is 7.14. The Kier molecular flexibility index (Phi) is 5.42. The highest BCUT2D eigenvalue weighted by molar-refractivity contribution is 6.00. The minimum Gasteiger partial charge on any atom is -0.490 e. The molecule has 1 fully saturated rings. The van der Waals surface area contributed by atoms with E-state index in [2.05, 4.69) is 10.5 Å². The number of hydrogen-bond acceptors (Lipinski definition) is 4. The van der Waals surface area contributed by atoms with E-state index < -0.39 is 0 Å². The molecule has 0 spiro atoms. The van der Waals surface area contributed by atoms with Crippen molar-refractivity contribution < 1.29 is 14.1 Å². The van der Waals surface area contributed by atoms with Crippen LogP contribution in [0.25, 0.3) is 11.3 Å². The highest BCUT2D eigenvalue weighted by Gasteiger charge is 2.22. The molecule has 0 bridgehead atoms. The van der Waals surface area contributed by atoms with Crippen molar-refractivity contribution in [2.45, 2.75) is 45.3 Å². The highest BCUT2D eigenvalue weighted by atomic mass is 16.5. The van der Waals surface area contributed by atoms with Gasteiger partial charge in [-0.1, -0.05) is 53.7 Å². The van der Waals surface area contributed by atoms with Crippen LogP contribution in [-0.2, 0) is 6.54 Å². The molecule has 1 aromatic heterocycles. The van der Waals surface area contributed by atoms with Crippen molar-refractivity contribution in [3.8, 4) is 17.0 Å². The lowest BCUT2D eigenvalue weighted by molar-refractivity contribution is 0.0949. The van der Waals surface area contributed by atoms with E-state index in [1.807, 2.05) is 54.6 Å². The molecule has 1 N–H and O–H groups in total. The molecule has 1 amide bonds. The number of aromatic nitrogens is 1. The second kappa shape index (κ2) is 8.30. The number of rotatable bonds is 6. The van der Waals surface area contributed by atoms with Crippen LogP contribution in [0.15, 0.2) is 59.1 Å². The number of nitrogens with one attached hydrogen (secondary N) is 1. The van der Waals surface area contributed by atoms with Gasteiger partial charge in [0.2, 0.25) is 0 Å². The maximum absolute atomic E-state index is 12.9. The third-order valence-corrected chi connectivity index (χ3v) is 5.14. The summed E-state index contributed by atoms with van der Waals surface area (Å²) in [4.78, 5) is 12.9. The van der Waals surface area contributed by atoms with Crippen molar-refractivity contribution in [1.82, 2.24) is 10.5 Å². The fourth-order valence-corrected chi connectivity index (χ4v) is 3.65. The molecule has 0 unspecified atom stereocenters. The van der Waals surface area contributed by atoms with Gasteiger partial charge in [0, 0.05) is 17.7 Å². The van der Waals surface area contributed by atoms with Crippen LogP contribution in [0.1, 0.15) is 47.4 Å². The molecule has 5 nitrogen and oxygen atoms in total. The zero-order valence-corrected chi connectivity index (χ0v) is 16.0. The summed E-state index contributed by atoms with van der Waals surface area (Å²) in [6.45, 7) is 2.14. The molecule has 1 aliphatic carbocycles. The minimum atomic E-state index is -0.201. The standard InChI is InChI=1S/C23H24N2O3/c1-16-21(22(25-28-16)17-9-3-2-4-10-17)23(26)24-15-18-11-5-8-14-20(18)27-19-12-6-7-13-19/h2-5,8-11,14,19H,6-7,12-13,15H2,1H3,(H,24,26). The first-order chi connectivity index (χ1) is 13.7. The molecular weight excluding hydrogens is 352 g/mol. The third kappa shape index (κ3) is 3.93. The summed E-state index contributed by atoms with van der Waals surface area (Å²) in [6.07, 6.45) is 4.92. The second-order valence-corrected chi connectivity index (χ2v) is 7.14. The summed E-state index contributed by atoms with van der Waals surface area (Å²) in [6, 6.07) is 17.5. The summed E-state index contributed by atoms with van der Waals surface area (Å²) in [5.74, 6) is 1.15. The number of para-hydroxylation sites is 1. The van der Waals surface area contributed by atoms with Crippen LogP contribution >= 0.6 is 0 Å². The van der Waals surface area contributed by atoms with E-state index in [0.717, 1.165) is 29.7 Å². The fourth-order valence-electron chi connectivity index (χ4n) is 3.65. The molecule has 5 heteroatoms. The highest BCUT2D eigenvalue weighted by Crippen LogP contribution is 2.28. The van der Waals surface area contributed by atoms with E-state index in [4.69, 9.17) is 9.26 Å². The molecule has 28 heavy (non-hydrogen) atoms. The molecule has 144 valence electrons. The Morgan fingerprint density at radius 1 is 1.11 bits per heavy atom. The summed E-state index contributed by atoms with van der Waals surface area (Å²) < 4.78 is 11.5. The van der Waals surface area contributed by atoms with Crippen molar-refractivity contribution in [3.05, 3.63) is 71.5 Å². The van der Waals surface area contributed by atoms with E-state index >= 15 is 0 Å². The Hall–Kier alpha value is -3.08. The van der Waals surface area contributed by atoms with Gasteiger partial charge in [-0.05, 0) is 38.7 Å². The zero-order valence-electron chi connectivity index (χ0n) is 16.0. The molecule has 4 rings (SSSR count). The van der Waals surface area contributed by atoms with Crippen LogP contribution in [0.3, 0.4) is 0 Å². The summed E-state index contributed by atoms with van der Waals surface area (Å²) in [5, 5.41) is 7.09. The van der Waals surface area contributed by atoms with Gasteiger partial charge in [-0.2, -0.15) is 0 Å². The van der Waals surface area contributed by atoms with Gasteiger partial charge < -0.3 is 14.6 Å². The molecule has 1 saturated carbocycles. The van der Waals surface area contributed by atoms with Gasteiger partial charge in [-0.3, -0.25) is 4.79 Å². The van der Waals surface area contributed by atoms with Gasteiger partial charge in [-0.25, -0.2) is 0 Å². The first-order valence-corrected chi connectivity index (χ1v) is 9.77. The summed E-state index contributed by atoms with van der Waals surface area (Å²) in [5.41, 5.74) is 2.86. The van der Waals surface area contributed by atoms with Crippen molar-refractivity contribution in [3.63, 3.8) is 0 Å². The number of benzene rings is 2. The first kappa shape index (κ1) is 18.3. The number of hydrogen-bond donors (Lipinski definition) is 1. The number of aryl methyl sites for hydroxylation is 1. The lowest BCUT2D eigenvalue weighted by Gasteiger charge is -2.16. The van der Waals surface area contributed by atoms with E-state index in [-0.39, 0.29) is 12.0 Å². The third-order valence-electron chi connectivity index (χ3n) is 5.14. The lowest BCUT2D eigenvalue weighted by atomic mass is 10.1. The Labute approximate surface area is 164 Å². The Bertz CT molecular complexity index is 943. The summed E-state index contributed by atoms with van der Waals surface area (Å²) >= 11 is 0. The van der Waals surface area contributed by atoms with Crippen LogP contribution in [0.2, 0.25) is 0 Å². The number of amides is 1. The van der Waals surface area contributed by atoms with Gasteiger partial charge in [0.25, 0.3) is 5.91 Å². The van der Waals surface area contributed by atoms with Gasteiger partial charge in [-0.15, -0.1) is 0 Å². The Morgan fingerprint density at radius 3 is 2.61 bits per heavy atom. The first-order valence-electron chi connectivity index (χ1n) is 9.77. The van der Waals surface area contributed by atoms with Crippen LogP contribution in [0.5, 0.6) is 5.75 Å². The largest absolute Gasteiger partial charge is 0.490 e. The van der Waals surface area contributed by atoms with Crippen molar-refractivity contribution in [1.29, 1.82) is 0 Å². The normalized spacial score (nSPS) is 14.2. The molecule has 3 aromatic rings. The molecule has 1 heterocycles. The van der Waals surface area contributed by atoms with Crippen molar-refractivity contribution in [2.24, 2.45) is 0 Å². The molecule has 0 radical (unpaired) electrons. The molecule has 1 aliphatic rings. The van der Waals surface area contributed by atoms with Gasteiger partial charge >= 0.3 is 0 Å². The van der Waals surface area contributed by atoms with Crippen LogP contribution in [-0.4, -0.2) is 17.2 Å².